The number of aromatic hydroxyl groups is 1. The number of ether oxygens (including phenoxy) is 1. The average molecular weight is 346 g/mol. The molecule has 0 atom stereocenters. The Balaban J connectivity index is 0.000000612. The molecule has 1 N–H and O–H groups in total. The molecule has 0 aliphatic rings. The quantitative estimate of drug-likeness (QED) is 0.656. The van der Waals surface area contributed by atoms with Gasteiger partial charge in [0.05, 0.1) is 12.8 Å². The second-order valence-electron chi connectivity index (χ2n) is 3.56. The van der Waals surface area contributed by atoms with E-state index in [-0.39, 0.29) is 5.75 Å². The Bertz CT molecular complexity index is 550. The van der Waals surface area contributed by atoms with E-state index in [1.54, 1.807) is 18.3 Å². The molecular formula is C14H13Cl2NO2Ti. The number of phenols is 1. The zero-order valence-electron chi connectivity index (χ0n) is 10.8. The van der Waals surface area contributed by atoms with Gasteiger partial charge in [-0.1, -0.05) is 24.3 Å². The molecule has 2 aromatic rings. The average Bonchev–Trinajstić information content (AvgIpc) is 2.48. The predicted molar refractivity (Wildman–Crippen MR) is 80.1 cm³/mol. The number of benzene rings is 2. The molecule has 0 fully saturated rings. The topological polar surface area (TPSA) is 41.8 Å². The van der Waals surface area contributed by atoms with Crippen LogP contribution in [0.15, 0.2) is 53.5 Å². The van der Waals surface area contributed by atoms with Gasteiger partial charge in [0, 0.05) is 11.8 Å². The van der Waals surface area contributed by atoms with Gasteiger partial charge in [-0.05, 0) is 24.3 Å². The first-order valence-electron chi connectivity index (χ1n) is 5.64. The van der Waals surface area contributed by atoms with E-state index in [0.717, 1.165) is 5.69 Å². The van der Waals surface area contributed by atoms with Crippen molar-refractivity contribution in [2.45, 2.75) is 0 Å². The number of phenolic OH excluding ortho intramolecular Hbond substituents is 1. The molecule has 0 bridgehead atoms. The Hall–Kier alpha value is -0.996. The molecule has 0 aliphatic heterocycles. The van der Waals surface area contributed by atoms with Crippen molar-refractivity contribution in [1.82, 2.24) is 0 Å². The van der Waals surface area contributed by atoms with E-state index in [0.29, 0.717) is 11.3 Å². The minimum absolute atomic E-state index is 0.106. The van der Waals surface area contributed by atoms with Crippen LogP contribution in [0.5, 0.6) is 11.5 Å². The van der Waals surface area contributed by atoms with Crippen molar-refractivity contribution in [1.29, 1.82) is 0 Å². The van der Waals surface area contributed by atoms with Crippen molar-refractivity contribution in [3.05, 3.63) is 54.1 Å². The molecule has 0 aliphatic carbocycles. The Labute approximate surface area is 134 Å². The third-order valence-electron chi connectivity index (χ3n) is 2.36. The maximum atomic E-state index is 9.85. The van der Waals surface area contributed by atoms with Crippen LogP contribution in [-0.4, -0.2) is 18.4 Å². The van der Waals surface area contributed by atoms with Crippen molar-refractivity contribution >= 4 is 30.5 Å². The van der Waals surface area contributed by atoms with E-state index in [1.165, 1.54) is 7.11 Å². The number of nitrogens with zero attached hydrogens (tertiary/aromatic N) is 1. The van der Waals surface area contributed by atoms with Crippen LogP contribution in [-0.2, 0) is 17.0 Å². The van der Waals surface area contributed by atoms with Crippen LogP contribution in [0.4, 0.5) is 5.69 Å². The molecule has 2 aromatic carbocycles. The molecule has 0 unspecified atom stereocenters. The fourth-order valence-electron chi connectivity index (χ4n) is 1.47. The van der Waals surface area contributed by atoms with Gasteiger partial charge in [0.15, 0.2) is 11.5 Å². The van der Waals surface area contributed by atoms with E-state index in [4.69, 9.17) is 23.3 Å². The van der Waals surface area contributed by atoms with E-state index in [9.17, 15) is 5.11 Å². The third-order valence-corrected chi connectivity index (χ3v) is 2.36. The molecule has 0 saturated carbocycles. The fraction of sp³-hybridized carbons (Fsp3) is 0.0714. The normalized spacial score (nSPS) is 9.75. The maximum absolute atomic E-state index is 9.85. The SMILES string of the molecule is COc1cccc(C=Nc2ccccc2)c1O.[Cl][Ti][Cl]. The van der Waals surface area contributed by atoms with Gasteiger partial charge in [-0.25, -0.2) is 0 Å². The van der Waals surface area contributed by atoms with Gasteiger partial charge in [-0.2, -0.15) is 0 Å². The van der Waals surface area contributed by atoms with Crippen LogP contribution in [0.1, 0.15) is 5.56 Å². The second-order valence-corrected chi connectivity index (χ2v) is 6.14. The summed E-state index contributed by atoms with van der Waals surface area (Å²) in [6, 6.07) is 14.9. The van der Waals surface area contributed by atoms with Gasteiger partial charge in [0.1, 0.15) is 0 Å². The van der Waals surface area contributed by atoms with E-state index >= 15 is 0 Å². The van der Waals surface area contributed by atoms with Crippen molar-refractivity contribution < 1.29 is 26.9 Å². The first-order chi connectivity index (χ1) is 9.72. The van der Waals surface area contributed by atoms with E-state index in [1.807, 2.05) is 36.4 Å². The molecule has 0 amide bonds. The molecule has 3 nitrogen and oxygen atoms in total. The number of para-hydroxylation sites is 2. The summed E-state index contributed by atoms with van der Waals surface area (Å²) in [4.78, 5) is 4.27. The Morgan fingerprint density at radius 1 is 1.10 bits per heavy atom. The minimum atomic E-state index is -0.556. The van der Waals surface area contributed by atoms with Gasteiger partial charge in [0.25, 0.3) is 0 Å². The molecule has 0 spiro atoms. The molecule has 0 saturated heterocycles. The monoisotopic (exact) mass is 345 g/mol. The third kappa shape index (κ3) is 5.55. The van der Waals surface area contributed by atoms with E-state index in [2.05, 4.69) is 4.99 Å². The van der Waals surface area contributed by atoms with Crippen LogP contribution in [0, 0.1) is 0 Å². The van der Waals surface area contributed by atoms with Crippen LogP contribution >= 0.6 is 18.6 Å². The number of methoxy groups -OCH3 is 1. The van der Waals surface area contributed by atoms with Crippen LogP contribution in [0.3, 0.4) is 0 Å². The van der Waals surface area contributed by atoms with Gasteiger partial charge in [-0.15, -0.1) is 0 Å². The van der Waals surface area contributed by atoms with Gasteiger partial charge >= 0.3 is 35.6 Å². The van der Waals surface area contributed by atoms with Crippen LogP contribution in [0.2, 0.25) is 0 Å². The Morgan fingerprint density at radius 2 is 1.75 bits per heavy atom. The molecular weight excluding hydrogens is 333 g/mol. The first kappa shape index (κ1) is 17.1. The molecule has 6 heteroatoms. The van der Waals surface area contributed by atoms with Crippen LogP contribution in [0.25, 0.3) is 0 Å². The summed E-state index contributed by atoms with van der Waals surface area (Å²) in [5.74, 6) is 0.552. The zero-order valence-corrected chi connectivity index (χ0v) is 13.8. The fourth-order valence-corrected chi connectivity index (χ4v) is 1.47. The zero-order chi connectivity index (χ0) is 14.8. The Kier molecular flexibility index (Phi) is 8.39. The summed E-state index contributed by atoms with van der Waals surface area (Å²) >= 11 is -0.556. The first-order valence-corrected chi connectivity index (χ1v) is 9.94. The molecule has 0 aromatic heterocycles. The summed E-state index contributed by atoms with van der Waals surface area (Å²) < 4.78 is 5.03. The van der Waals surface area contributed by atoms with Crippen molar-refractivity contribution in [3.8, 4) is 11.5 Å². The number of halogens is 2. The van der Waals surface area contributed by atoms with Crippen LogP contribution < -0.4 is 4.74 Å². The summed E-state index contributed by atoms with van der Waals surface area (Å²) in [5, 5.41) is 9.85. The molecule has 104 valence electrons. The summed E-state index contributed by atoms with van der Waals surface area (Å²) in [7, 11) is 11.3. The number of rotatable bonds is 3. The summed E-state index contributed by atoms with van der Waals surface area (Å²) in [6.45, 7) is 0. The van der Waals surface area contributed by atoms with Crippen molar-refractivity contribution in [3.63, 3.8) is 0 Å². The molecule has 2 rings (SSSR count). The van der Waals surface area contributed by atoms with Crippen molar-refractivity contribution in [2.75, 3.05) is 7.11 Å². The molecule has 0 radical (unpaired) electrons. The number of hydrogen-bond acceptors (Lipinski definition) is 3. The second kappa shape index (κ2) is 9.84. The predicted octanol–water partition coefficient (Wildman–Crippen LogP) is 4.53. The number of hydrogen-bond donors (Lipinski definition) is 1. The summed E-state index contributed by atoms with van der Waals surface area (Å²) in [5.41, 5.74) is 1.47. The standard InChI is InChI=1S/C14H13NO2.2ClH.Ti/c1-17-13-9-5-6-11(14(13)16)10-15-12-7-3-2-4-8-12;;;/h2-10,16H,1H3;2*1H;/q;;;+2/p-2. The molecule has 0 heterocycles. The Morgan fingerprint density at radius 3 is 2.35 bits per heavy atom. The summed E-state index contributed by atoms with van der Waals surface area (Å²) in [6.07, 6.45) is 1.62. The van der Waals surface area contributed by atoms with E-state index < -0.39 is 17.0 Å². The van der Waals surface area contributed by atoms with Gasteiger partial charge in [-0.3, -0.25) is 4.99 Å². The number of aliphatic imine (C=N–C) groups is 1. The molecule has 20 heavy (non-hydrogen) atoms. The van der Waals surface area contributed by atoms with Gasteiger partial charge < -0.3 is 9.84 Å². The van der Waals surface area contributed by atoms with Gasteiger partial charge in [0.2, 0.25) is 0 Å². The van der Waals surface area contributed by atoms with Crippen molar-refractivity contribution in [2.24, 2.45) is 4.99 Å².